The van der Waals surface area contributed by atoms with Gasteiger partial charge in [-0.1, -0.05) is 11.6 Å². The number of anilines is 1. The monoisotopic (exact) mass is 252 g/mol. The van der Waals surface area contributed by atoms with Gasteiger partial charge in [-0.15, -0.1) is 0 Å². The molecule has 2 aromatic heterocycles. The molecule has 7 heteroatoms. The van der Waals surface area contributed by atoms with Crippen LogP contribution in [0.3, 0.4) is 0 Å². The minimum atomic E-state index is 0.580. The van der Waals surface area contributed by atoms with Crippen LogP contribution in [0.5, 0.6) is 0 Å². The Bertz CT molecular complexity index is 543. The molecule has 0 aliphatic heterocycles. The Balaban J connectivity index is 2.62. The van der Waals surface area contributed by atoms with Gasteiger partial charge in [-0.25, -0.2) is 20.5 Å². The first kappa shape index (κ1) is 11.8. The second-order valence-electron chi connectivity index (χ2n) is 3.72. The summed E-state index contributed by atoms with van der Waals surface area (Å²) in [5.41, 5.74) is 4.11. The number of hydrogen-bond acceptors (Lipinski definition) is 5. The summed E-state index contributed by atoms with van der Waals surface area (Å²) in [6.45, 7) is 5.50. The zero-order chi connectivity index (χ0) is 12.6. The van der Waals surface area contributed by atoms with Crippen molar-refractivity contribution in [3.8, 4) is 5.82 Å². The Hall–Kier alpha value is -1.66. The van der Waals surface area contributed by atoms with Gasteiger partial charge in [0, 0.05) is 5.56 Å². The van der Waals surface area contributed by atoms with Gasteiger partial charge < -0.3 is 5.43 Å². The van der Waals surface area contributed by atoms with Crippen LogP contribution >= 0.6 is 11.6 Å². The van der Waals surface area contributed by atoms with E-state index >= 15 is 0 Å². The lowest BCUT2D eigenvalue weighted by Gasteiger charge is -2.10. The van der Waals surface area contributed by atoms with Crippen molar-refractivity contribution >= 4 is 17.4 Å². The first-order valence-corrected chi connectivity index (χ1v) is 5.44. The van der Waals surface area contributed by atoms with Crippen molar-refractivity contribution in [3.05, 3.63) is 28.3 Å². The molecule has 0 aromatic carbocycles. The van der Waals surface area contributed by atoms with Gasteiger partial charge in [-0.3, -0.25) is 0 Å². The van der Waals surface area contributed by atoms with Crippen molar-refractivity contribution in [3.63, 3.8) is 0 Å². The molecular weight excluding hydrogens is 240 g/mol. The lowest BCUT2D eigenvalue weighted by Crippen LogP contribution is -2.14. The zero-order valence-corrected chi connectivity index (χ0v) is 10.6. The molecule has 3 N–H and O–H groups in total. The molecule has 0 radical (unpaired) electrons. The highest BCUT2D eigenvalue weighted by molar-refractivity contribution is 6.31. The predicted molar refractivity (Wildman–Crippen MR) is 66.2 cm³/mol. The van der Waals surface area contributed by atoms with Gasteiger partial charge >= 0.3 is 0 Å². The summed E-state index contributed by atoms with van der Waals surface area (Å²) in [6.07, 6.45) is 1.71. The Kier molecular flexibility index (Phi) is 2.99. The number of aromatic nitrogens is 4. The van der Waals surface area contributed by atoms with Crippen molar-refractivity contribution in [2.75, 3.05) is 5.43 Å². The largest absolute Gasteiger partial charge is 0.308 e. The van der Waals surface area contributed by atoms with E-state index in [-0.39, 0.29) is 0 Å². The lowest BCUT2D eigenvalue weighted by atomic mass is 10.3. The first-order valence-electron chi connectivity index (χ1n) is 5.07. The minimum absolute atomic E-state index is 0.580. The van der Waals surface area contributed by atoms with Gasteiger partial charge in [0.25, 0.3) is 0 Å². The average molecular weight is 253 g/mol. The lowest BCUT2D eigenvalue weighted by molar-refractivity contribution is 0.807. The summed E-state index contributed by atoms with van der Waals surface area (Å²) in [5, 5.41) is 4.88. The van der Waals surface area contributed by atoms with Crippen LogP contribution in [-0.2, 0) is 0 Å². The van der Waals surface area contributed by atoms with Crippen molar-refractivity contribution in [1.82, 2.24) is 19.7 Å². The van der Waals surface area contributed by atoms with Crippen molar-refractivity contribution in [1.29, 1.82) is 0 Å². The fourth-order valence-corrected chi connectivity index (χ4v) is 1.66. The summed E-state index contributed by atoms with van der Waals surface area (Å²) < 4.78 is 1.63. The second kappa shape index (κ2) is 4.31. The van der Waals surface area contributed by atoms with Crippen molar-refractivity contribution < 1.29 is 0 Å². The summed E-state index contributed by atoms with van der Waals surface area (Å²) in [4.78, 5) is 8.53. The number of hydrazine groups is 1. The molecule has 90 valence electrons. The zero-order valence-electron chi connectivity index (χ0n) is 9.82. The topological polar surface area (TPSA) is 81.6 Å². The van der Waals surface area contributed by atoms with Crippen LogP contribution in [0.1, 0.15) is 17.1 Å². The van der Waals surface area contributed by atoms with Crippen LogP contribution in [0, 0.1) is 20.8 Å². The molecule has 0 aliphatic carbocycles. The van der Waals surface area contributed by atoms with Gasteiger partial charge in [-0.2, -0.15) is 5.10 Å². The highest BCUT2D eigenvalue weighted by atomic mass is 35.5. The van der Waals surface area contributed by atoms with E-state index in [0.29, 0.717) is 22.5 Å². The van der Waals surface area contributed by atoms with Gasteiger partial charge in [-0.05, 0) is 20.8 Å². The molecule has 2 rings (SSSR count). The van der Waals surface area contributed by atoms with Crippen LogP contribution in [0.15, 0.2) is 6.20 Å². The maximum absolute atomic E-state index is 5.98. The van der Waals surface area contributed by atoms with Crippen LogP contribution in [0.25, 0.3) is 5.82 Å². The maximum Gasteiger partial charge on any atom is 0.162 e. The molecule has 17 heavy (non-hydrogen) atoms. The molecule has 2 aromatic rings. The summed E-state index contributed by atoms with van der Waals surface area (Å²) in [7, 11) is 0. The molecule has 0 saturated heterocycles. The molecule has 0 atom stereocenters. The average Bonchev–Trinajstić information content (AvgIpc) is 2.62. The van der Waals surface area contributed by atoms with E-state index in [9.17, 15) is 0 Å². The molecule has 0 spiro atoms. The Morgan fingerprint density at radius 2 is 2.00 bits per heavy atom. The number of nitrogens with one attached hydrogen (secondary N) is 1. The number of nitrogens with zero attached hydrogens (tertiary/aromatic N) is 4. The number of nitrogens with two attached hydrogens (primary N) is 1. The highest BCUT2D eigenvalue weighted by Crippen LogP contribution is 2.20. The highest BCUT2D eigenvalue weighted by Gasteiger charge is 2.12. The standard InChI is InChI=1S/C10H13ClN6/c1-5-9(15-12)13-7(3)14-10(5)17-4-8(11)6(2)16-17/h4H,12H2,1-3H3,(H,13,14,15). The number of halogens is 1. The maximum atomic E-state index is 5.98. The van der Waals surface area contributed by atoms with E-state index in [1.54, 1.807) is 17.8 Å². The first-order chi connectivity index (χ1) is 8.02. The van der Waals surface area contributed by atoms with E-state index in [4.69, 9.17) is 17.4 Å². The number of nitrogen functional groups attached to an aromatic ring is 1. The Morgan fingerprint density at radius 3 is 2.53 bits per heavy atom. The van der Waals surface area contributed by atoms with Gasteiger partial charge in [0.2, 0.25) is 0 Å². The quantitative estimate of drug-likeness (QED) is 0.626. The molecule has 0 unspecified atom stereocenters. The van der Waals surface area contributed by atoms with E-state index in [0.717, 1.165) is 11.3 Å². The predicted octanol–water partition coefficient (Wildman–Crippen LogP) is 1.53. The van der Waals surface area contributed by atoms with E-state index in [1.165, 1.54) is 0 Å². The molecular formula is C10H13ClN6. The molecule has 0 amide bonds. The van der Waals surface area contributed by atoms with Gasteiger partial charge in [0.05, 0.1) is 16.9 Å². The van der Waals surface area contributed by atoms with Gasteiger partial charge in [0.1, 0.15) is 11.6 Å². The molecule has 0 fully saturated rings. The minimum Gasteiger partial charge on any atom is -0.308 e. The van der Waals surface area contributed by atoms with Crippen molar-refractivity contribution in [2.45, 2.75) is 20.8 Å². The SMILES string of the molecule is Cc1nc(NN)c(C)c(-n2cc(Cl)c(C)n2)n1. The summed E-state index contributed by atoms with van der Waals surface area (Å²) in [5.74, 6) is 7.27. The fraction of sp³-hybridized carbons (Fsp3) is 0.300. The third kappa shape index (κ3) is 2.09. The van der Waals surface area contributed by atoms with Gasteiger partial charge in [0.15, 0.2) is 5.82 Å². The van der Waals surface area contributed by atoms with E-state index in [2.05, 4.69) is 20.5 Å². The van der Waals surface area contributed by atoms with Crippen LogP contribution in [0.4, 0.5) is 5.82 Å². The van der Waals surface area contributed by atoms with E-state index in [1.807, 2.05) is 13.8 Å². The molecule has 0 saturated carbocycles. The van der Waals surface area contributed by atoms with Crippen LogP contribution in [-0.4, -0.2) is 19.7 Å². The van der Waals surface area contributed by atoms with Crippen molar-refractivity contribution in [2.24, 2.45) is 5.84 Å². The molecule has 6 nitrogen and oxygen atoms in total. The number of rotatable bonds is 2. The Labute approximate surface area is 104 Å². The fourth-order valence-electron chi connectivity index (χ4n) is 1.52. The summed E-state index contributed by atoms with van der Waals surface area (Å²) in [6, 6.07) is 0. The molecule has 0 aliphatic rings. The third-order valence-electron chi connectivity index (χ3n) is 2.42. The number of hydrogen-bond donors (Lipinski definition) is 2. The summed E-state index contributed by atoms with van der Waals surface area (Å²) >= 11 is 5.98. The molecule has 2 heterocycles. The second-order valence-corrected chi connectivity index (χ2v) is 4.13. The normalized spacial score (nSPS) is 10.6. The molecule has 0 bridgehead atoms. The van der Waals surface area contributed by atoms with Crippen LogP contribution < -0.4 is 11.3 Å². The smallest absolute Gasteiger partial charge is 0.162 e. The van der Waals surface area contributed by atoms with Crippen LogP contribution in [0.2, 0.25) is 5.02 Å². The van der Waals surface area contributed by atoms with E-state index < -0.39 is 0 Å². The number of aryl methyl sites for hydroxylation is 2. The Morgan fingerprint density at radius 1 is 1.29 bits per heavy atom. The third-order valence-corrected chi connectivity index (χ3v) is 2.80.